The van der Waals surface area contributed by atoms with Crippen LogP contribution in [-0.2, 0) is 4.79 Å². The molecule has 4 nitrogen and oxygen atoms in total. The Labute approximate surface area is 163 Å². The maximum Gasteiger partial charge on any atom is 0.257 e. The van der Waals surface area contributed by atoms with Gasteiger partial charge in [-0.3, -0.25) is 4.79 Å². The van der Waals surface area contributed by atoms with Crippen molar-refractivity contribution in [3.05, 3.63) is 59.8 Å². The predicted molar refractivity (Wildman–Crippen MR) is 108 cm³/mol. The van der Waals surface area contributed by atoms with Crippen LogP contribution in [0.1, 0.15) is 31.7 Å². The highest BCUT2D eigenvalue weighted by Crippen LogP contribution is 2.35. The minimum atomic E-state index is -0.472. The fourth-order valence-electron chi connectivity index (χ4n) is 3.54. The van der Waals surface area contributed by atoms with Gasteiger partial charge in [-0.1, -0.05) is 13.0 Å². The van der Waals surface area contributed by atoms with Gasteiger partial charge in [0.05, 0.1) is 16.9 Å². The highest BCUT2D eigenvalue weighted by Gasteiger charge is 2.27. The molecule has 2 N–H and O–H groups in total. The lowest BCUT2D eigenvalue weighted by molar-refractivity contribution is -0.110. The van der Waals surface area contributed by atoms with E-state index in [4.69, 9.17) is 0 Å². The zero-order valence-electron chi connectivity index (χ0n) is 15.8. The quantitative estimate of drug-likeness (QED) is 0.662. The molecular formula is C22H23F2N3O. The summed E-state index contributed by atoms with van der Waals surface area (Å²) in [6.07, 6.45) is 4.81. The van der Waals surface area contributed by atoms with Crippen LogP contribution in [0.5, 0.6) is 0 Å². The molecule has 0 spiro atoms. The van der Waals surface area contributed by atoms with Crippen molar-refractivity contribution in [2.75, 3.05) is 28.6 Å². The van der Waals surface area contributed by atoms with E-state index in [1.807, 2.05) is 0 Å². The van der Waals surface area contributed by atoms with E-state index in [2.05, 4.69) is 22.5 Å². The van der Waals surface area contributed by atoms with E-state index in [-0.39, 0.29) is 22.9 Å². The third-order valence-electron chi connectivity index (χ3n) is 5.12. The largest absolute Gasteiger partial charge is 0.369 e. The molecular weight excluding hydrogens is 360 g/mol. The van der Waals surface area contributed by atoms with Crippen LogP contribution in [0.25, 0.3) is 5.57 Å². The number of rotatable bonds is 7. The first-order chi connectivity index (χ1) is 13.6. The number of carbonyl (C=O) groups is 1. The molecule has 0 aromatic heterocycles. The van der Waals surface area contributed by atoms with Crippen LogP contribution in [0.4, 0.5) is 25.8 Å². The van der Waals surface area contributed by atoms with Gasteiger partial charge < -0.3 is 15.5 Å². The molecule has 1 aliphatic carbocycles. The molecule has 1 fully saturated rings. The van der Waals surface area contributed by atoms with Gasteiger partial charge in [-0.2, -0.15) is 0 Å². The Morgan fingerprint density at radius 1 is 1.21 bits per heavy atom. The number of nitrogens with one attached hydrogen (secondary N) is 2. The monoisotopic (exact) mass is 383 g/mol. The molecule has 0 unspecified atom stereocenters. The average molecular weight is 383 g/mol. The van der Waals surface area contributed by atoms with Gasteiger partial charge in [0, 0.05) is 30.5 Å². The summed E-state index contributed by atoms with van der Waals surface area (Å²) in [5.41, 5.74) is 1.97. The van der Waals surface area contributed by atoms with Gasteiger partial charge in [0.1, 0.15) is 11.6 Å². The summed E-state index contributed by atoms with van der Waals surface area (Å²) in [6.45, 7) is 3.79. The third kappa shape index (κ3) is 3.72. The Kier molecular flexibility index (Phi) is 5.03. The molecule has 4 rings (SSSR count). The first-order valence-corrected chi connectivity index (χ1v) is 9.68. The Morgan fingerprint density at radius 3 is 2.75 bits per heavy atom. The minimum Gasteiger partial charge on any atom is -0.369 e. The molecule has 6 heteroatoms. The van der Waals surface area contributed by atoms with Crippen LogP contribution >= 0.6 is 0 Å². The molecule has 0 atom stereocenters. The molecule has 2 aromatic rings. The summed E-state index contributed by atoms with van der Waals surface area (Å²) in [5, 5.41) is 5.56. The number of hydrogen-bond donors (Lipinski definition) is 2. The van der Waals surface area contributed by atoms with Crippen molar-refractivity contribution in [1.82, 2.24) is 0 Å². The minimum absolute atomic E-state index is 0.193. The second-order valence-corrected chi connectivity index (χ2v) is 7.37. The standard InChI is InChI=1S/C22H23F2N3O/c1-2-10-27(13-14-6-7-14)20-9-8-15(11-18(20)24)25-12-16-21-17(23)4-3-5-19(21)26-22(16)28/h3-5,8-9,11-12,14,25H,2,6-7,10,13H2,1H3,(H,26,28)/b16-12+. The van der Waals surface area contributed by atoms with Crippen molar-refractivity contribution in [3.8, 4) is 0 Å². The number of amides is 1. The van der Waals surface area contributed by atoms with E-state index in [0.717, 1.165) is 19.5 Å². The smallest absolute Gasteiger partial charge is 0.257 e. The zero-order chi connectivity index (χ0) is 19.7. The fraction of sp³-hybridized carbons (Fsp3) is 0.318. The number of hydrogen-bond acceptors (Lipinski definition) is 3. The molecule has 1 heterocycles. The molecule has 1 saturated carbocycles. The van der Waals surface area contributed by atoms with E-state index < -0.39 is 5.82 Å². The maximum absolute atomic E-state index is 14.7. The summed E-state index contributed by atoms with van der Waals surface area (Å²) in [7, 11) is 0. The number of fused-ring (bicyclic) bond motifs is 1. The Bertz CT molecular complexity index is 937. The first-order valence-electron chi connectivity index (χ1n) is 9.68. The molecule has 2 aromatic carbocycles. The van der Waals surface area contributed by atoms with E-state index in [1.165, 1.54) is 31.2 Å². The topological polar surface area (TPSA) is 44.4 Å². The van der Waals surface area contributed by atoms with Crippen molar-refractivity contribution in [3.63, 3.8) is 0 Å². The summed E-state index contributed by atoms with van der Waals surface area (Å²) in [4.78, 5) is 14.2. The lowest BCUT2D eigenvalue weighted by Crippen LogP contribution is -2.27. The number of anilines is 3. The molecule has 1 aliphatic heterocycles. The van der Waals surface area contributed by atoms with Crippen LogP contribution in [0.3, 0.4) is 0 Å². The molecule has 1 amide bonds. The van der Waals surface area contributed by atoms with Gasteiger partial charge in [0.2, 0.25) is 0 Å². The van der Waals surface area contributed by atoms with Crippen LogP contribution in [0, 0.1) is 17.6 Å². The average Bonchev–Trinajstić information content (AvgIpc) is 3.41. The van der Waals surface area contributed by atoms with Crippen molar-refractivity contribution in [2.24, 2.45) is 5.92 Å². The second kappa shape index (κ2) is 7.62. The molecule has 0 saturated heterocycles. The van der Waals surface area contributed by atoms with Crippen molar-refractivity contribution in [2.45, 2.75) is 26.2 Å². The molecule has 0 bridgehead atoms. The summed E-state index contributed by atoms with van der Waals surface area (Å²) in [5.74, 6) is -0.492. The number of benzene rings is 2. The van der Waals surface area contributed by atoms with Gasteiger partial charge in [0.15, 0.2) is 0 Å². The summed E-state index contributed by atoms with van der Waals surface area (Å²) in [6, 6.07) is 9.45. The van der Waals surface area contributed by atoms with Gasteiger partial charge in [-0.05, 0) is 55.5 Å². The van der Waals surface area contributed by atoms with Gasteiger partial charge in [-0.25, -0.2) is 8.78 Å². The van der Waals surface area contributed by atoms with E-state index >= 15 is 0 Å². The predicted octanol–water partition coefficient (Wildman–Crippen LogP) is 5.00. The van der Waals surface area contributed by atoms with E-state index in [1.54, 1.807) is 24.3 Å². The zero-order valence-corrected chi connectivity index (χ0v) is 15.8. The van der Waals surface area contributed by atoms with Gasteiger partial charge in [0.25, 0.3) is 5.91 Å². The van der Waals surface area contributed by atoms with Crippen molar-refractivity contribution >= 4 is 28.5 Å². The lowest BCUT2D eigenvalue weighted by Gasteiger charge is -2.25. The number of halogens is 2. The third-order valence-corrected chi connectivity index (χ3v) is 5.12. The van der Waals surface area contributed by atoms with Gasteiger partial charge >= 0.3 is 0 Å². The van der Waals surface area contributed by atoms with E-state index in [0.29, 0.717) is 23.0 Å². The first kappa shape index (κ1) is 18.5. The van der Waals surface area contributed by atoms with Crippen LogP contribution in [-0.4, -0.2) is 19.0 Å². The lowest BCUT2D eigenvalue weighted by atomic mass is 10.1. The SMILES string of the molecule is CCCN(CC1CC1)c1ccc(N/C=C2/C(=O)Nc3cccc(F)c32)cc1F. The Morgan fingerprint density at radius 2 is 2.04 bits per heavy atom. The summed E-state index contributed by atoms with van der Waals surface area (Å²) >= 11 is 0. The fourth-order valence-corrected chi connectivity index (χ4v) is 3.54. The summed E-state index contributed by atoms with van der Waals surface area (Å²) < 4.78 is 28.8. The van der Waals surface area contributed by atoms with E-state index in [9.17, 15) is 13.6 Å². The highest BCUT2D eigenvalue weighted by molar-refractivity contribution is 6.31. The van der Waals surface area contributed by atoms with Crippen molar-refractivity contribution in [1.29, 1.82) is 0 Å². The highest BCUT2D eigenvalue weighted by atomic mass is 19.1. The molecule has 0 radical (unpaired) electrons. The second-order valence-electron chi connectivity index (χ2n) is 7.37. The van der Waals surface area contributed by atoms with Crippen LogP contribution in [0.2, 0.25) is 0 Å². The van der Waals surface area contributed by atoms with Crippen LogP contribution in [0.15, 0.2) is 42.6 Å². The molecule has 2 aliphatic rings. The van der Waals surface area contributed by atoms with Gasteiger partial charge in [-0.15, -0.1) is 0 Å². The van der Waals surface area contributed by atoms with Crippen molar-refractivity contribution < 1.29 is 13.6 Å². The Hall–Kier alpha value is -2.89. The molecule has 28 heavy (non-hydrogen) atoms. The molecule has 146 valence electrons. The Balaban J connectivity index is 1.54. The number of carbonyl (C=O) groups excluding carboxylic acids is 1. The maximum atomic E-state index is 14.7. The normalized spacial score (nSPS) is 16.8. The number of nitrogens with zero attached hydrogens (tertiary/aromatic N) is 1. The van der Waals surface area contributed by atoms with Crippen LogP contribution < -0.4 is 15.5 Å².